The molecule has 0 saturated carbocycles. The Hall–Kier alpha value is 0.320. The molecule has 0 aromatic rings. The van der Waals surface area contributed by atoms with Crippen molar-refractivity contribution in [3.63, 3.8) is 0 Å². The number of halogens is 2. The number of rotatable bonds is 2. The van der Waals surface area contributed by atoms with Crippen LogP contribution in [0, 0.1) is 0 Å². The largest absolute Gasteiger partial charge is 0.331 e. The van der Waals surface area contributed by atoms with Gasteiger partial charge in [0.15, 0.2) is 0 Å². The molecule has 19 heavy (non-hydrogen) atoms. The van der Waals surface area contributed by atoms with Crippen LogP contribution in [0.25, 0.3) is 0 Å². The first kappa shape index (κ1) is 17.4. The van der Waals surface area contributed by atoms with Crippen LogP contribution in [0.3, 0.4) is 0 Å². The van der Waals surface area contributed by atoms with Crippen LogP contribution in [-0.4, -0.2) is 65.6 Å². The molecule has 0 spiro atoms. The lowest BCUT2D eigenvalue weighted by atomic mass is 10.1. The van der Waals surface area contributed by atoms with Crippen LogP contribution in [0.1, 0.15) is 19.3 Å². The van der Waals surface area contributed by atoms with Crippen LogP contribution in [0.15, 0.2) is 0 Å². The van der Waals surface area contributed by atoms with Crippen molar-refractivity contribution in [2.24, 2.45) is 0 Å². The third-order valence-corrected chi connectivity index (χ3v) is 5.09. The number of likely N-dealkylation sites (tertiary alicyclic amines) is 1. The summed E-state index contributed by atoms with van der Waals surface area (Å²) >= 11 is 1.86. The second-order valence-electron chi connectivity index (χ2n) is 5.23. The van der Waals surface area contributed by atoms with E-state index in [1.807, 2.05) is 16.7 Å². The van der Waals surface area contributed by atoms with Crippen molar-refractivity contribution in [2.75, 3.05) is 37.8 Å². The Morgan fingerprint density at radius 1 is 1.16 bits per heavy atom. The van der Waals surface area contributed by atoms with Crippen molar-refractivity contribution in [1.82, 2.24) is 15.1 Å². The van der Waals surface area contributed by atoms with Crippen LogP contribution in [0.2, 0.25) is 0 Å². The zero-order chi connectivity index (χ0) is 11.7. The molecule has 1 amide bonds. The lowest BCUT2D eigenvalue weighted by molar-refractivity contribution is -0.131. The predicted molar refractivity (Wildman–Crippen MR) is 84.5 cm³/mol. The van der Waals surface area contributed by atoms with Gasteiger partial charge in [-0.3, -0.25) is 9.69 Å². The van der Waals surface area contributed by atoms with E-state index in [2.05, 4.69) is 10.2 Å². The molecule has 2 atom stereocenters. The van der Waals surface area contributed by atoms with E-state index in [9.17, 15) is 4.79 Å². The third kappa shape index (κ3) is 3.91. The molecule has 3 fully saturated rings. The van der Waals surface area contributed by atoms with Gasteiger partial charge in [0, 0.05) is 24.9 Å². The quantitative estimate of drug-likeness (QED) is 0.826. The van der Waals surface area contributed by atoms with Crippen LogP contribution >= 0.6 is 36.6 Å². The highest BCUT2D eigenvalue weighted by molar-refractivity contribution is 7.99. The molecule has 3 aliphatic heterocycles. The van der Waals surface area contributed by atoms with Gasteiger partial charge in [-0.25, -0.2) is 0 Å². The van der Waals surface area contributed by atoms with Gasteiger partial charge in [0.05, 0.1) is 11.9 Å². The summed E-state index contributed by atoms with van der Waals surface area (Å²) in [6.07, 6.45) is 3.68. The Balaban J connectivity index is 0.000000902. The molecule has 0 radical (unpaired) electrons. The summed E-state index contributed by atoms with van der Waals surface area (Å²) in [4.78, 5) is 16.8. The molecule has 0 aromatic carbocycles. The number of hydrogen-bond donors (Lipinski definition) is 1. The van der Waals surface area contributed by atoms with Gasteiger partial charge in [0.1, 0.15) is 0 Å². The van der Waals surface area contributed by atoms with Gasteiger partial charge in [-0.15, -0.1) is 36.6 Å². The second-order valence-corrected chi connectivity index (χ2v) is 6.31. The van der Waals surface area contributed by atoms with Crippen molar-refractivity contribution >= 4 is 42.5 Å². The minimum Gasteiger partial charge on any atom is -0.331 e. The topological polar surface area (TPSA) is 35.6 Å². The summed E-state index contributed by atoms with van der Waals surface area (Å²) in [5.74, 6) is 2.33. The number of carbonyl (C=O) groups is 1. The summed E-state index contributed by atoms with van der Waals surface area (Å²) in [6.45, 7) is 4.40. The van der Waals surface area contributed by atoms with Crippen molar-refractivity contribution in [3.8, 4) is 0 Å². The number of hydrogen-bond acceptors (Lipinski definition) is 4. The lowest BCUT2D eigenvalue weighted by Crippen LogP contribution is -2.42. The predicted octanol–water partition coefficient (Wildman–Crippen LogP) is 1.19. The average molecular weight is 328 g/mol. The van der Waals surface area contributed by atoms with E-state index in [0.717, 1.165) is 31.1 Å². The van der Waals surface area contributed by atoms with Crippen molar-refractivity contribution < 1.29 is 4.79 Å². The van der Waals surface area contributed by atoms with E-state index in [4.69, 9.17) is 0 Å². The Labute approximate surface area is 131 Å². The van der Waals surface area contributed by atoms with E-state index >= 15 is 0 Å². The monoisotopic (exact) mass is 327 g/mol. The maximum atomic E-state index is 12.2. The highest BCUT2D eigenvalue weighted by Crippen LogP contribution is 2.22. The first-order valence-corrected chi connectivity index (χ1v) is 7.84. The normalized spacial score (nSPS) is 31.1. The SMILES string of the molecule is Cl.Cl.O=C([C@@H]1C[C@H](N2CCCC2)CN1)N1CCSC1. The van der Waals surface area contributed by atoms with Crippen LogP contribution < -0.4 is 5.32 Å². The van der Waals surface area contributed by atoms with Crippen LogP contribution in [0.5, 0.6) is 0 Å². The van der Waals surface area contributed by atoms with E-state index in [0.29, 0.717) is 11.9 Å². The van der Waals surface area contributed by atoms with Crippen LogP contribution in [-0.2, 0) is 4.79 Å². The fourth-order valence-corrected chi connectivity index (χ4v) is 4.05. The first-order valence-electron chi connectivity index (χ1n) is 6.68. The maximum Gasteiger partial charge on any atom is 0.240 e. The maximum absolute atomic E-state index is 12.2. The van der Waals surface area contributed by atoms with Crippen molar-refractivity contribution in [1.29, 1.82) is 0 Å². The Morgan fingerprint density at radius 3 is 2.53 bits per heavy atom. The van der Waals surface area contributed by atoms with Gasteiger partial charge >= 0.3 is 0 Å². The Bertz CT molecular complexity index is 297. The number of thioether (sulfide) groups is 1. The van der Waals surface area contributed by atoms with E-state index < -0.39 is 0 Å². The van der Waals surface area contributed by atoms with Gasteiger partial charge in [0.2, 0.25) is 5.91 Å². The summed E-state index contributed by atoms with van der Waals surface area (Å²) < 4.78 is 0. The molecule has 0 bridgehead atoms. The van der Waals surface area contributed by atoms with E-state index in [-0.39, 0.29) is 30.9 Å². The molecule has 3 aliphatic rings. The Kier molecular flexibility index (Phi) is 7.25. The molecule has 1 N–H and O–H groups in total. The summed E-state index contributed by atoms with van der Waals surface area (Å²) in [7, 11) is 0. The molecule has 3 saturated heterocycles. The molecule has 112 valence electrons. The van der Waals surface area contributed by atoms with Gasteiger partial charge in [-0.05, 0) is 32.4 Å². The minimum atomic E-state index is 0. The zero-order valence-corrected chi connectivity index (χ0v) is 13.5. The molecule has 0 aliphatic carbocycles. The molecule has 7 heteroatoms. The highest BCUT2D eigenvalue weighted by atomic mass is 35.5. The number of amides is 1. The van der Waals surface area contributed by atoms with E-state index in [1.165, 1.54) is 25.9 Å². The van der Waals surface area contributed by atoms with Crippen molar-refractivity contribution in [3.05, 3.63) is 0 Å². The molecule has 3 rings (SSSR count). The standard InChI is InChI=1S/C12H21N3OS.2ClH/c16-12(15-5-6-17-9-15)11-7-10(8-13-11)14-3-1-2-4-14;;/h10-11,13H,1-9H2;2*1H/t10-,11-;;/m0../s1. The summed E-state index contributed by atoms with van der Waals surface area (Å²) in [5, 5.41) is 3.42. The fourth-order valence-electron chi connectivity index (χ4n) is 3.10. The van der Waals surface area contributed by atoms with E-state index in [1.54, 1.807) is 0 Å². The molecule has 3 heterocycles. The fraction of sp³-hybridized carbons (Fsp3) is 0.917. The highest BCUT2D eigenvalue weighted by Gasteiger charge is 2.36. The molecule has 4 nitrogen and oxygen atoms in total. The summed E-state index contributed by atoms with van der Waals surface area (Å²) in [5.41, 5.74) is 0. The number of nitrogens with zero attached hydrogens (tertiary/aromatic N) is 2. The smallest absolute Gasteiger partial charge is 0.240 e. The van der Waals surface area contributed by atoms with Crippen LogP contribution in [0.4, 0.5) is 0 Å². The van der Waals surface area contributed by atoms with Crippen molar-refractivity contribution in [2.45, 2.75) is 31.3 Å². The van der Waals surface area contributed by atoms with Gasteiger partial charge in [0.25, 0.3) is 0 Å². The number of carbonyl (C=O) groups excluding carboxylic acids is 1. The molecule has 0 aromatic heterocycles. The third-order valence-electron chi connectivity index (χ3n) is 4.13. The average Bonchev–Trinajstić information content (AvgIpc) is 3.09. The molecule has 0 unspecified atom stereocenters. The van der Waals surface area contributed by atoms with Gasteiger partial charge in [-0.1, -0.05) is 0 Å². The molecular weight excluding hydrogens is 305 g/mol. The second kappa shape index (κ2) is 7.93. The van der Waals surface area contributed by atoms with Gasteiger partial charge < -0.3 is 10.2 Å². The zero-order valence-electron chi connectivity index (χ0n) is 11.0. The lowest BCUT2D eigenvalue weighted by Gasteiger charge is -2.23. The minimum absolute atomic E-state index is 0. The number of nitrogens with one attached hydrogen (secondary N) is 1. The molecular formula is C12H23Cl2N3OS. The first-order chi connectivity index (χ1) is 8.34. The van der Waals surface area contributed by atoms with Gasteiger partial charge in [-0.2, -0.15) is 0 Å². The summed E-state index contributed by atoms with van der Waals surface area (Å²) in [6, 6.07) is 0.681. The Morgan fingerprint density at radius 2 is 1.89 bits per heavy atom.